The summed E-state index contributed by atoms with van der Waals surface area (Å²) in [4.78, 5) is 12.8. The topological polar surface area (TPSA) is 22.0 Å². The van der Waals surface area contributed by atoms with Crippen LogP contribution >= 0.6 is 0 Å². The van der Waals surface area contributed by atoms with Gasteiger partial charge in [0.15, 0.2) is 5.43 Å². The van der Waals surface area contributed by atoms with Gasteiger partial charge in [0, 0.05) is 29.4 Å². The normalized spacial score (nSPS) is 15.6. The summed E-state index contributed by atoms with van der Waals surface area (Å²) >= 11 is 0. The van der Waals surface area contributed by atoms with E-state index in [1.54, 1.807) is 0 Å². The molecule has 1 atom stereocenters. The Labute approximate surface area is 151 Å². The summed E-state index contributed by atoms with van der Waals surface area (Å²) in [5.41, 5.74) is 8.26. The van der Waals surface area contributed by atoms with E-state index in [4.69, 9.17) is 0 Å². The second-order valence-electron chi connectivity index (χ2n) is 7.25. The second-order valence-corrected chi connectivity index (χ2v) is 7.25. The van der Waals surface area contributed by atoms with Crippen molar-refractivity contribution in [3.63, 3.8) is 0 Å². The van der Waals surface area contributed by atoms with E-state index in [2.05, 4.69) is 57.2 Å². The molecule has 1 aromatic heterocycles. The first-order valence-corrected chi connectivity index (χ1v) is 9.57. The summed E-state index contributed by atoms with van der Waals surface area (Å²) in [6.45, 7) is 12.9. The molecule has 2 heteroatoms. The SMILES string of the molecule is C=C(CCC)c1cn2c(cc1=O)-c1cc(CC)c(C)cc1CC2CC. The molecule has 1 aliphatic heterocycles. The Morgan fingerprint density at radius 2 is 2.00 bits per heavy atom. The summed E-state index contributed by atoms with van der Waals surface area (Å²) in [7, 11) is 0. The zero-order chi connectivity index (χ0) is 18.1. The van der Waals surface area contributed by atoms with Crippen LogP contribution in [0.1, 0.15) is 68.3 Å². The molecule has 1 aromatic carbocycles. The molecule has 0 aliphatic carbocycles. The number of hydrogen-bond acceptors (Lipinski definition) is 1. The molecule has 2 heterocycles. The monoisotopic (exact) mass is 335 g/mol. The number of benzene rings is 1. The van der Waals surface area contributed by atoms with Gasteiger partial charge in [0.05, 0.1) is 5.69 Å². The highest BCUT2D eigenvalue weighted by Gasteiger charge is 2.24. The summed E-state index contributed by atoms with van der Waals surface area (Å²) < 4.78 is 2.33. The van der Waals surface area contributed by atoms with Crippen LogP contribution in [0.15, 0.2) is 35.8 Å². The zero-order valence-electron chi connectivity index (χ0n) is 16.0. The van der Waals surface area contributed by atoms with Crippen LogP contribution < -0.4 is 5.43 Å². The van der Waals surface area contributed by atoms with Gasteiger partial charge in [-0.2, -0.15) is 0 Å². The van der Waals surface area contributed by atoms with E-state index in [0.717, 1.165) is 48.9 Å². The fourth-order valence-corrected chi connectivity index (χ4v) is 4.06. The number of nitrogens with zero attached hydrogens (tertiary/aromatic N) is 1. The number of aromatic nitrogens is 1. The zero-order valence-corrected chi connectivity index (χ0v) is 16.0. The molecule has 0 bridgehead atoms. The van der Waals surface area contributed by atoms with Gasteiger partial charge in [0.2, 0.25) is 0 Å². The van der Waals surface area contributed by atoms with Gasteiger partial charge in [-0.25, -0.2) is 0 Å². The molecule has 132 valence electrons. The van der Waals surface area contributed by atoms with Gasteiger partial charge in [-0.05, 0) is 60.9 Å². The molecule has 1 aliphatic rings. The van der Waals surface area contributed by atoms with Crippen LogP contribution in [-0.4, -0.2) is 4.57 Å². The predicted molar refractivity (Wildman–Crippen MR) is 107 cm³/mol. The number of rotatable bonds is 5. The van der Waals surface area contributed by atoms with E-state index in [1.165, 1.54) is 22.3 Å². The summed E-state index contributed by atoms with van der Waals surface area (Å²) in [6.07, 6.45) is 7.07. The second kappa shape index (κ2) is 7.03. The molecule has 0 saturated carbocycles. The third kappa shape index (κ3) is 3.10. The van der Waals surface area contributed by atoms with E-state index >= 15 is 0 Å². The maximum atomic E-state index is 12.8. The highest BCUT2D eigenvalue weighted by molar-refractivity contribution is 5.71. The lowest BCUT2D eigenvalue weighted by Gasteiger charge is -2.31. The van der Waals surface area contributed by atoms with Crippen LogP contribution in [0, 0.1) is 6.92 Å². The van der Waals surface area contributed by atoms with Gasteiger partial charge < -0.3 is 4.57 Å². The Balaban J connectivity index is 2.22. The van der Waals surface area contributed by atoms with Crippen LogP contribution in [0.4, 0.5) is 0 Å². The lowest BCUT2D eigenvalue weighted by molar-refractivity contribution is 0.474. The molecule has 0 spiro atoms. The van der Waals surface area contributed by atoms with Gasteiger partial charge in [-0.15, -0.1) is 0 Å². The predicted octanol–water partition coefficient (Wildman–Crippen LogP) is 5.71. The van der Waals surface area contributed by atoms with E-state index < -0.39 is 0 Å². The van der Waals surface area contributed by atoms with E-state index in [1.807, 2.05) is 6.07 Å². The van der Waals surface area contributed by atoms with Crippen molar-refractivity contribution < 1.29 is 0 Å². The van der Waals surface area contributed by atoms with E-state index in [9.17, 15) is 4.79 Å². The standard InChI is InChI=1S/C23H29NO/c1-6-9-15(4)21-14-24-19(8-3)11-18-10-16(5)17(7-2)12-20(18)22(24)13-23(21)25/h10,12-14,19H,4,6-9,11H2,1-3,5H3. The van der Waals surface area contributed by atoms with E-state index in [0.29, 0.717) is 6.04 Å². The average Bonchev–Trinajstić information content (AvgIpc) is 2.60. The molecule has 0 N–H and O–H groups in total. The maximum absolute atomic E-state index is 12.8. The van der Waals surface area contributed by atoms with Crippen molar-refractivity contribution in [1.29, 1.82) is 0 Å². The molecule has 0 saturated heterocycles. The molecule has 0 fully saturated rings. The minimum absolute atomic E-state index is 0.103. The third-order valence-corrected chi connectivity index (χ3v) is 5.55. The number of hydrogen-bond donors (Lipinski definition) is 0. The van der Waals surface area contributed by atoms with Crippen molar-refractivity contribution >= 4 is 5.57 Å². The molecular weight excluding hydrogens is 306 g/mol. The maximum Gasteiger partial charge on any atom is 0.189 e. The van der Waals surface area contributed by atoms with Gasteiger partial charge in [-0.3, -0.25) is 4.79 Å². The largest absolute Gasteiger partial charge is 0.343 e. The van der Waals surface area contributed by atoms with Gasteiger partial charge in [-0.1, -0.05) is 39.8 Å². The highest BCUT2D eigenvalue weighted by atomic mass is 16.1. The van der Waals surface area contributed by atoms with Crippen molar-refractivity contribution in [2.45, 2.75) is 65.8 Å². The number of allylic oxidation sites excluding steroid dienone is 1. The fourth-order valence-electron chi connectivity index (χ4n) is 4.06. The molecule has 25 heavy (non-hydrogen) atoms. The molecular formula is C23H29NO. The van der Waals surface area contributed by atoms with Crippen molar-refractivity contribution in [2.75, 3.05) is 0 Å². The lowest BCUT2D eigenvalue weighted by atomic mass is 9.87. The first-order valence-electron chi connectivity index (χ1n) is 9.57. The first-order chi connectivity index (χ1) is 12.0. The van der Waals surface area contributed by atoms with Gasteiger partial charge in [0.1, 0.15) is 0 Å². The van der Waals surface area contributed by atoms with Crippen LogP contribution in [-0.2, 0) is 12.8 Å². The molecule has 3 rings (SSSR count). The minimum atomic E-state index is 0.103. The van der Waals surface area contributed by atoms with Gasteiger partial charge in [0.25, 0.3) is 0 Å². The molecule has 0 radical (unpaired) electrons. The summed E-state index contributed by atoms with van der Waals surface area (Å²) in [6, 6.07) is 6.87. The highest BCUT2D eigenvalue weighted by Crippen LogP contribution is 2.37. The van der Waals surface area contributed by atoms with Crippen LogP contribution in [0.5, 0.6) is 0 Å². The van der Waals surface area contributed by atoms with Crippen molar-refractivity contribution in [2.24, 2.45) is 0 Å². The number of pyridine rings is 1. The van der Waals surface area contributed by atoms with Crippen molar-refractivity contribution in [1.82, 2.24) is 4.57 Å². The number of fused-ring (bicyclic) bond motifs is 3. The van der Waals surface area contributed by atoms with Crippen LogP contribution in [0.25, 0.3) is 16.8 Å². The smallest absolute Gasteiger partial charge is 0.189 e. The Hall–Kier alpha value is -2.09. The Kier molecular flexibility index (Phi) is 4.99. The summed E-state index contributed by atoms with van der Waals surface area (Å²) in [5.74, 6) is 0. The average molecular weight is 335 g/mol. The molecule has 0 amide bonds. The Morgan fingerprint density at radius 1 is 1.24 bits per heavy atom. The number of aryl methyl sites for hydroxylation is 2. The fraction of sp³-hybridized carbons (Fsp3) is 0.435. The molecule has 2 nitrogen and oxygen atoms in total. The van der Waals surface area contributed by atoms with Crippen LogP contribution in [0.3, 0.4) is 0 Å². The first kappa shape index (κ1) is 17.7. The van der Waals surface area contributed by atoms with Crippen LogP contribution in [0.2, 0.25) is 0 Å². The van der Waals surface area contributed by atoms with E-state index in [-0.39, 0.29) is 5.43 Å². The molecule has 2 aromatic rings. The third-order valence-electron chi connectivity index (χ3n) is 5.55. The quantitative estimate of drug-likeness (QED) is 0.686. The Morgan fingerprint density at radius 3 is 2.64 bits per heavy atom. The minimum Gasteiger partial charge on any atom is -0.343 e. The van der Waals surface area contributed by atoms with Crippen molar-refractivity contribution in [3.05, 3.63) is 63.5 Å². The summed E-state index contributed by atoms with van der Waals surface area (Å²) in [5, 5.41) is 0. The van der Waals surface area contributed by atoms with Crippen molar-refractivity contribution in [3.8, 4) is 11.3 Å². The Bertz CT molecular complexity index is 872. The van der Waals surface area contributed by atoms with Gasteiger partial charge >= 0.3 is 0 Å². The molecule has 1 unspecified atom stereocenters. The lowest BCUT2D eigenvalue weighted by Crippen LogP contribution is -2.23.